The molecule has 1 heterocycles. The van der Waals surface area contributed by atoms with E-state index in [1.54, 1.807) is 12.1 Å². The molecule has 1 aromatic carbocycles. The van der Waals surface area contributed by atoms with Gasteiger partial charge >= 0.3 is 12.1 Å². The zero-order valence-corrected chi connectivity index (χ0v) is 15.2. The maximum atomic E-state index is 11.6. The monoisotopic (exact) mass is 391 g/mol. The van der Waals surface area contributed by atoms with Crippen LogP contribution in [-0.4, -0.2) is 36.2 Å². The molecule has 0 aliphatic rings. The van der Waals surface area contributed by atoms with Crippen LogP contribution in [-0.2, 0) is 6.54 Å². The summed E-state index contributed by atoms with van der Waals surface area (Å²) in [6.45, 7) is 0.113. The van der Waals surface area contributed by atoms with Gasteiger partial charge in [0.2, 0.25) is 0 Å². The molecule has 0 aliphatic carbocycles. The summed E-state index contributed by atoms with van der Waals surface area (Å²) in [5.74, 6) is 11.7. The minimum absolute atomic E-state index is 0.113. The van der Waals surface area contributed by atoms with Crippen LogP contribution in [0, 0.1) is 0 Å². The lowest BCUT2D eigenvalue weighted by molar-refractivity contribution is 0.253. The second-order valence-electron chi connectivity index (χ2n) is 5.39. The van der Waals surface area contributed by atoms with Crippen molar-refractivity contribution in [3.8, 4) is 22.6 Å². The van der Waals surface area contributed by atoms with Crippen LogP contribution < -0.4 is 48.4 Å². The van der Waals surface area contributed by atoms with Gasteiger partial charge < -0.3 is 26.7 Å². The van der Waals surface area contributed by atoms with Gasteiger partial charge in [-0.2, -0.15) is 9.99 Å². The molecule has 150 valence electrons. The van der Waals surface area contributed by atoms with E-state index in [2.05, 4.69) is 9.97 Å². The third kappa shape index (κ3) is 3.85. The smallest absolute Gasteiger partial charge is 0.336 e. The summed E-state index contributed by atoms with van der Waals surface area (Å²) in [7, 11) is 2.94. The fourth-order valence-electron chi connectivity index (χ4n) is 2.40. The van der Waals surface area contributed by atoms with E-state index in [4.69, 9.17) is 38.4 Å². The number of anilines is 2. The molecule has 28 heavy (non-hydrogen) atoms. The third-order valence-corrected chi connectivity index (χ3v) is 3.79. The van der Waals surface area contributed by atoms with Crippen molar-refractivity contribution in [3.63, 3.8) is 0 Å². The minimum Gasteiger partial charge on any atom is -0.493 e. The van der Waals surface area contributed by atoms with E-state index >= 15 is 0 Å². The van der Waals surface area contributed by atoms with Crippen molar-refractivity contribution in [2.75, 3.05) is 24.2 Å². The molecular weight excluding hydrogens is 370 g/mol. The van der Waals surface area contributed by atoms with E-state index in [1.807, 2.05) is 0 Å². The van der Waals surface area contributed by atoms with Gasteiger partial charge in [0.25, 0.3) is 5.95 Å². The number of rotatable bonds is 6. The number of amides is 4. The maximum Gasteiger partial charge on any atom is 0.336 e. The molecule has 0 saturated heterocycles. The van der Waals surface area contributed by atoms with E-state index in [0.29, 0.717) is 32.6 Å². The Morgan fingerprint density at radius 1 is 1.00 bits per heavy atom. The van der Waals surface area contributed by atoms with Crippen LogP contribution in [0.15, 0.2) is 18.3 Å². The average Bonchev–Trinajstić information content (AvgIpc) is 2.70. The number of methoxy groups -OCH3 is 2. The highest BCUT2D eigenvalue weighted by molar-refractivity contribution is 5.95. The zero-order valence-electron chi connectivity index (χ0n) is 15.2. The molecule has 13 heteroatoms. The minimum atomic E-state index is -1.02. The van der Waals surface area contributed by atoms with Crippen LogP contribution in [0.5, 0.6) is 11.5 Å². The summed E-state index contributed by atoms with van der Waals surface area (Å²) < 4.78 is 10.6. The molecule has 0 radical (unpaired) electrons. The number of primary amides is 2. The van der Waals surface area contributed by atoms with Crippen LogP contribution in [0.1, 0.15) is 5.56 Å². The predicted octanol–water partition coefficient (Wildman–Crippen LogP) is -0.863. The lowest BCUT2D eigenvalue weighted by Crippen LogP contribution is -2.45. The summed E-state index contributed by atoms with van der Waals surface area (Å²) in [5, 5.41) is 1.06. The van der Waals surface area contributed by atoms with E-state index < -0.39 is 12.1 Å². The molecule has 0 spiro atoms. The van der Waals surface area contributed by atoms with Gasteiger partial charge in [-0.1, -0.05) is 0 Å². The molecule has 1 aromatic heterocycles. The number of hydrazine groups is 2. The molecule has 0 fully saturated rings. The highest BCUT2D eigenvalue weighted by Crippen LogP contribution is 2.38. The largest absolute Gasteiger partial charge is 0.493 e. The number of nitrogens with two attached hydrogens (primary N) is 5. The standard InChI is InChI=1S/C15H21N9O4/c1-27-10-3-7(5-16)8(4-11(10)28-2)9-6-21-15(24(20)14(18)26)22-12(9)23(19)13(17)25/h3-4,6H,5,16,19-20H2,1-2H3,(H2,17,25)(H2,18,26). The van der Waals surface area contributed by atoms with Crippen LogP contribution >= 0.6 is 0 Å². The molecule has 0 atom stereocenters. The highest BCUT2D eigenvalue weighted by Gasteiger charge is 2.23. The Kier molecular flexibility index (Phi) is 6.15. The van der Waals surface area contributed by atoms with Crippen molar-refractivity contribution in [1.82, 2.24) is 9.97 Å². The second kappa shape index (κ2) is 8.34. The van der Waals surface area contributed by atoms with E-state index in [-0.39, 0.29) is 23.9 Å². The number of benzene rings is 1. The first kappa shape index (κ1) is 20.6. The fourth-order valence-corrected chi connectivity index (χ4v) is 2.40. The zero-order chi connectivity index (χ0) is 21.0. The van der Waals surface area contributed by atoms with Crippen LogP contribution in [0.25, 0.3) is 11.1 Å². The Hall–Kier alpha value is -3.68. The molecule has 2 aromatic rings. The molecule has 0 aliphatic heterocycles. The molecule has 13 nitrogen and oxygen atoms in total. The Balaban J connectivity index is 2.77. The first-order valence-electron chi connectivity index (χ1n) is 7.76. The van der Waals surface area contributed by atoms with Crippen molar-refractivity contribution in [3.05, 3.63) is 23.9 Å². The molecule has 2 rings (SSSR count). The van der Waals surface area contributed by atoms with Gasteiger partial charge in [0.05, 0.1) is 14.2 Å². The number of nitrogens with zero attached hydrogens (tertiary/aromatic N) is 4. The SMILES string of the molecule is COc1cc(CN)c(-c2cnc(N(N)C(N)=O)nc2N(N)C(N)=O)cc1OC. The second-order valence-corrected chi connectivity index (χ2v) is 5.39. The Morgan fingerprint density at radius 2 is 1.57 bits per heavy atom. The lowest BCUT2D eigenvalue weighted by atomic mass is 10.00. The van der Waals surface area contributed by atoms with Crippen molar-refractivity contribution in [1.29, 1.82) is 0 Å². The van der Waals surface area contributed by atoms with Gasteiger partial charge in [0.1, 0.15) is 0 Å². The number of carbonyl (C=O) groups is 2. The molecule has 10 N–H and O–H groups in total. The molecule has 0 saturated carbocycles. The van der Waals surface area contributed by atoms with Gasteiger partial charge in [-0.05, 0) is 23.3 Å². The summed E-state index contributed by atoms with van der Waals surface area (Å²) >= 11 is 0. The number of ether oxygens (including phenoxy) is 2. The fraction of sp³-hybridized carbons (Fsp3) is 0.200. The summed E-state index contributed by atoms with van der Waals surface area (Å²) in [4.78, 5) is 31.0. The van der Waals surface area contributed by atoms with Crippen molar-refractivity contribution >= 4 is 23.8 Å². The van der Waals surface area contributed by atoms with Crippen molar-refractivity contribution < 1.29 is 19.1 Å². The Labute approximate surface area is 159 Å². The topological polar surface area (TPSA) is 215 Å². The van der Waals surface area contributed by atoms with Gasteiger partial charge in [0, 0.05) is 18.3 Å². The van der Waals surface area contributed by atoms with Crippen LogP contribution in [0.3, 0.4) is 0 Å². The summed E-state index contributed by atoms with van der Waals surface area (Å²) in [5.41, 5.74) is 17.6. The first-order chi connectivity index (χ1) is 13.2. The van der Waals surface area contributed by atoms with E-state index in [9.17, 15) is 9.59 Å². The van der Waals surface area contributed by atoms with E-state index in [1.165, 1.54) is 20.4 Å². The number of hydrogen-bond donors (Lipinski definition) is 5. The third-order valence-electron chi connectivity index (χ3n) is 3.79. The number of hydrogen-bond acceptors (Lipinski definition) is 9. The van der Waals surface area contributed by atoms with Crippen molar-refractivity contribution in [2.45, 2.75) is 6.54 Å². The average molecular weight is 391 g/mol. The Morgan fingerprint density at radius 3 is 2.07 bits per heavy atom. The predicted molar refractivity (Wildman–Crippen MR) is 101 cm³/mol. The van der Waals surface area contributed by atoms with Gasteiger partial charge in [-0.3, -0.25) is 0 Å². The molecule has 0 unspecified atom stereocenters. The van der Waals surface area contributed by atoms with Gasteiger partial charge in [0.15, 0.2) is 17.3 Å². The normalized spacial score (nSPS) is 10.3. The van der Waals surface area contributed by atoms with Crippen molar-refractivity contribution in [2.24, 2.45) is 28.9 Å². The number of urea groups is 2. The number of aromatic nitrogens is 2. The molecular formula is C15H21N9O4. The highest BCUT2D eigenvalue weighted by atomic mass is 16.5. The van der Waals surface area contributed by atoms with Gasteiger partial charge in [-0.25, -0.2) is 31.3 Å². The number of carbonyl (C=O) groups excluding carboxylic acids is 2. The van der Waals surface area contributed by atoms with Gasteiger partial charge in [-0.15, -0.1) is 0 Å². The maximum absolute atomic E-state index is 11.6. The van der Waals surface area contributed by atoms with E-state index in [0.717, 1.165) is 0 Å². The first-order valence-corrected chi connectivity index (χ1v) is 7.76. The molecule has 0 bridgehead atoms. The summed E-state index contributed by atoms with van der Waals surface area (Å²) in [6.07, 6.45) is 1.30. The van der Waals surface area contributed by atoms with Crippen LogP contribution in [0.4, 0.5) is 21.4 Å². The van der Waals surface area contributed by atoms with Crippen LogP contribution in [0.2, 0.25) is 0 Å². The lowest BCUT2D eigenvalue weighted by Gasteiger charge is -2.21. The quantitative estimate of drug-likeness (QED) is 0.235. The Bertz CT molecular complexity index is 905. The molecule has 4 amide bonds. The summed E-state index contributed by atoms with van der Waals surface area (Å²) in [6, 6.07) is 1.25.